The molecule has 0 aromatic heterocycles. The van der Waals surface area contributed by atoms with Crippen LogP contribution in [0.25, 0.3) is 0 Å². The Kier molecular flexibility index (Phi) is 2.41. The van der Waals surface area contributed by atoms with E-state index in [1.54, 1.807) is 0 Å². The SMILES string of the molecule is CC(C)(C)c1ccc(C(N)=[NH2+])cc1. The standard InChI is InChI=1S/C11H16N2/c1-11(2,3)9-6-4-8(5-7-9)10(12)13/h4-7H,1-3H3,(H3,12,13)/p+1. The smallest absolute Gasteiger partial charge is 0.270 e. The van der Waals surface area contributed by atoms with Crippen LogP contribution in [-0.2, 0) is 5.41 Å². The number of rotatable bonds is 1. The molecule has 0 heterocycles. The summed E-state index contributed by atoms with van der Waals surface area (Å²) < 4.78 is 0. The first-order chi connectivity index (χ1) is 5.91. The Bertz CT molecular complexity index is 304. The molecule has 0 bridgehead atoms. The molecule has 0 saturated heterocycles. The Morgan fingerprint density at radius 3 is 1.92 bits per heavy atom. The number of hydrogen-bond donors (Lipinski definition) is 2. The molecule has 0 amide bonds. The van der Waals surface area contributed by atoms with E-state index in [1.165, 1.54) is 5.56 Å². The van der Waals surface area contributed by atoms with Crippen LogP contribution in [0, 0.1) is 0 Å². The van der Waals surface area contributed by atoms with E-state index in [9.17, 15) is 0 Å². The fourth-order valence-corrected chi connectivity index (χ4v) is 1.16. The third-order valence-electron chi connectivity index (χ3n) is 2.08. The van der Waals surface area contributed by atoms with E-state index >= 15 is 0 Å². The Balaban J connectivity index is 3.01. The van der Waals surface area contributed by atoms with Crippen LogP contribution in [0.2, 0.25) is 0 Å². The second-order valence-corrected chi connectivity index (χ2v) is 4.28. The van der Waals surface area contributed by atoms with Crippen molar-refractivity contribution in [3.05, 3.63) is 35.4 Å². The van der Waals surface area contributed by atoms with Gasteiger partial charge in [0.2, 0.25) is 0 Å². The normalized spacial score (nSPS) is 11.3. The molecule has 2 heteroatoms. The van der Waals surface area contributed by atoms with Crippen LogP contribution < -0.4 is 11.1 Å². The van der Waals surface area contributed by atoms with Crippen LogP contribution in [0.1, 0.15) is 31.9 Å². The first-order valence-corrected chi connectivity index (χ1v) is 4.40. The number of nitrogens with two attached hydrogens (primary N) is 2. The Labute approximate surface area is 79.3 Å². The van der Waals surface area contributed by atoms with Crippen molar-refractivity contribution in [3.63, 3.8) is 0 Å². The highest BCUT2D eigenvalue weighted by Gasteiger charge is 2.13. The Morgan fingerprint density at radius 1 is 1.15 bits per heavy atom. The van der Waals surface area contributed by atoms with E-state index in [0.717, 1.165) is 5.56 Å². The van der Waals surface area contributed by atoms with Crippen molar-refractivity contribution >= 4 is 5.84 Å². The predicted molar refractivity (Wildman–Crippen MR) is 55.4 cm³/mol. The second kappa shape index (κ2) is 3.21. The van der Waals surface area contributed by atoms with E-state index < -0.39 is 0 Å². The van der Waals surface area contributed by atoms with Gasteiger partial charge >= 0.3 is 0 Å². The van der Waals surface area contributed by atoms with Crippen molar-refractivity contribution < 1.29 is 5.41 Å². The molecule has 0 atom stereocenters. The predicted octanol–water partition coefficient (Wildman–Crippen LogP) is 0.449. The van der Waals surface area contributed by atoms with Gasteiger partial charge in [0.15, 0.2) is 0 Å². The third-order valence-corrected chi connectivity index (χ3v) is 2.08. The van der Waals surface area contributed by atoms with Gasteiger partial charge in [0.1, 0.15) is 0 Å². The summed E-state index contributed by atoms with van der Waals surface area (Å²) in [5, 5.41) is 5.47. The van der Waals surface area contributed by atoms with Crippen LogP contribution in [0.3, 0.4) is 0 Å². The summed E-state index contributed by atoms with van der Waals surface area (Å²) in [7, 11) is 0. The lowest BCUT2D eigenvalue weighted by Crippen LogP contribution is -2.46. The summed E-state index contributed by atoms with van der Waals surface area (Å²) in [5.41, 5.74) is 7.84. The number of amidine groups is 1. The Morgan fingerprint density at radius 2 is 1.62 bits per heavy atom. The monoisotopic (exact) mass is 177 g/mol. The van der Waals surface area contributed by atoms with Gasteiger partial charge in [-0.3, -0.25) is 11.1 Å². The van der Waals surface area contributed by atoms with Crippen LogP contribution >= 0.6 is 0 Å². The molecular formula is C11H17N2+. The first-order valence-electron chi connectivity index (χ1n) is 4.40. The van der Waals surface area contributed by atoms with Crippen molar-refractivity contribution in [1.82, 2.24) is 0 Å². The quantitative estimate of drug-likeness (QED) is 0.475. The molecule has 13 heavy (non-hydrogen) atoms. The maximum atomic E-state index is 5.47. The van der Waals surface area contributed by atoms with Crippen molar-refractivity contribution in [2.45, 2.75) is 26.2 Å². The average Bonchev–Trinajstić information content (AvgIpc) is 2.03. The van der Waals surface area contributed by atoms with Crippen LogP contribution in [-0.4, -0.2) is 5.84 Å². The second-order valence-electron chi connectivity index (χ2n) is 4.28. The summed E-state index contributed by atoms with van der Waals surface area (Å²) in [6.07, 6.45) is 0. The zero-order valence-electron chi connectivity index (χ0n) is 8.46. The lowest BCUT2D eigenvalue weighted by Gasteiger charge is -2.18. The van der Waals surface area contributed by atoms with Gasteiger partial charge in [-0.25, -0.2) is 0 Å². The van der Waals surface area contributed by atoms with Crippen molar-refractivity contribution in [1.29, 1.82) is 0 Å². The summed E-state index contributed by atoms with van der Waals surface area (Å²) >= 11 is 0. The fourth-order valence-electron chi connectivity index (χ4n) is 1.16. The molecule has 0 aliphatic heterocycles. The maximum absolute atomic E-state index is 5.47. The first kappa shape index (κ1) is 9.78. The molecule has 1 aromatic carbocycles. The highest BCUT2D eigenvalue weighted by Crippen LogP contribution is 2.21. The van der Waals surface area contributed by atoms with Gasteiger partial charge in [-0.05, 0) is 23.1 Å². The summed E-state index contributed by atoms with van der Waals surface area (Å²) in [6.45, 7) is 6.53. The number of hydrogen-bond acceptors (Lipinski definition) is 0. The molecule has 0 aliphatic carbocycles. The molecule has 0 saturated carbocycles. The molecule has 0 spiro atoms. The molecular weight excluding hydrogens is 160 g/mol. The van der Waals surface area contributed by atoms with E-state index in [2.05, 4.69) is 32.9 Å². The zero-order valence-corrected chi connectivity index (χ0v) is 8.46. The van der Waals surface area contributed by atoms with E-state index in [-0.39, 0.29) is 5.41 Å². The highest BCUT2D eigenvalue weighted by atomic mass is 14.7. The summed E-state index contributed by atoms with van der Waals surface area (Å²) in [6, 6.07) is 8.04. The van der Waals surface area contributed by atoms with Gasteiger partial charge in [-0.2, -0.15) is 0 Å². The van der Waals surface area contributed by atoms with E-state index in [1.807, 2.05) is 12.1 Å². The van der Waals surface area contributed by atoms with Crippen molar-refractivity contribution in [3.8, 4) is 0 Å². The number of benzene rings is 1. The fraction of sp³-hybridized carbons (Fsp3) is 0.364. The largest absolute Gasteiger partial charge is 0.287 e. The molecule has 2 nitrogen and oxygen atoms in total. The van der Waals surface area contributed by atoms with Crippen LogP contribution in [0.15, 0.2) is 24.3 Å². The highest BCUT2D eigenvalue weighted by molar-refractivity contribution is 5.92. The molecule has 0 radical (unpaired) electrons. The molecule has 4 N–H and O–H groups in total. The minimum Gasteiger partial charge on any atom is -0.287 e. The van der Waals surface area contributed by atoms with Gasteiger partial charge in [0.05, 0.1) is 5.56 Å². The molecule has 1 aromatic rings. The van der Waals surface area contributed by atoms with Crippen molar-refractivity contribution in [2.75, 3.05) is 0 Å². The zero-order chi connectivity index (χ0) is 10.1. The van der Waals surface area contributed by atoms with Crippen LogP contribution in [0.4, 0.5) is 0 Å². The third kappa shape index (κ3) is 2.31. The lowest BCUT2D eigenvalue weighted by atomic mass is 9.87. The summed E-state index contributed by atoms with van der Waals surface area (Å²) in [5.74, 6) is 0.375. The summed E-state index contributed by atoms with van der Waals surface area (Å²) in [4.78, 5) is 0. The van der Waals surface area contributed by atoms with Gasteiger partial charge < -0.3 is 0 Å². The van der Waals surface area contributed by atoms with Gasteiger partial charge in [0, 0.05) is 0 Å². The van der Waals surface area contributed by atoms with Crippen molar-refractivity contribution in [2.24, 2.45) is 5.73 Å². The average molecular weight is 177 g/mol. The lowest BCUT2D eigenvalue weighted by molar-refractivity contribution is -0.114. The van der Waals surface area contributed by atoms with Crippen LogP contribution in [0.5, 0.6) is 0 Å². The minimum atomic E-state index is 0.182. The molecule has 0 fully saturated rings. The Hall–Kier alpha value is -1.31. The van der Waals surface area contributed by atoms with Gasteiger partial charge in [-0.15, -0.1) is 0 Å². The maximum Gasteiger partial charge on any atom is 0.270 e. The minimum absolute atomic E-state index is 0.182. The molecule has 0 unspecified atom stereocenters. The van der Waals surface area contributed by atoms with Gasteiger partial charge in [0.25, 0.3) is 5.84 Å². The van der Waals surface area contributed by atoms with E-state index in [4.69, 9.17) is 11.1 Å². The molecule has 70 valence electrons. The topological polar surface area (TPSA) is 51.6 Å². The van der Waals surface area contributed by atoms with E-state index in [0.29, 0.717) is 5.84 Å². The molecule has 0 aliphatic rings. The van der Waals surface area contributed by atoms with Gasteiger partial charge in [-0.1, -0.05) is 32.9 Å². The molecule has 1 rings (SSSR count).